The van der Waals surface area contributed by atoms with E-state index in [4.69, 9.17) is 0 Å². The molecule has 0 fully saturated rings. The fourth-order valence-corrected chi connectivity index (χ4v) is 4.84. The molecule has 0 saturated carbocycles. The molecule has 17 heavy (non-hydrogen) atoms. The number of nitrogens with zero attached hydrogens (tertiary/aromatic N) is 1. The predicted octanol–water partition coefficient (Wildman–Crippen LogP) is 1.99. The minimum absolute atomic E-state index is 0.274. The van der Waals surface area contributed by atoms with E-state index in [1.54, 1.807) is 0 Å². The summed E-state index contributed by atoms with van der Waals surface area (Å²) in [6, 6.07) is 0.351. The quantitative estimate of drug-likeness (QED) is 0.564. The average Bonchev–Trinajstić information content (AvgIpc) is 2.52. The lowest BCUT2D eigenvalue weighted by molar-refractivity contribution is -0.119. The molecule has 0 radical (unpaired) electrons. The van der Waals surface area contributed by atoms with Gasteiger partial charge in [-0.3, -0.25) is 0 Å². The van der Waals surface area contributed by atoms with Crippen LogP contribution in [0.2, 0.25) is 0 Å². The molecule has 0 bridgehead atoms. The zero-order valence-electron chi connectivity index (χ0n) is 12.3. The first-order chi connectivity index (χ1) is 7.78. The van der Waals surface area contributed by atoms with Gasteiger partial charge in [0.1, 0.15) is 16.7 Å². The summed E-state index contributed by atoms with van der Waals surface area (Å²) in [4.78, 5) is 11.9. The second kappa shape index (κ2) is 4.97. The Balaban J connectivity index is 3.33. The minimum Gasteiger partial charge on any atom is -0.408 e. The Morgan fingerprint density at radius 2 is 1.82 bits per heavy atom. The summed E-state index contributed by atoms with van der Waals surface area (Å²) in [6.07, 6.45) is 3.49. The summed E-state index contributed by atoms with van der Waals surface area (Å²) >= 11 is 0. The molecule has 1 aliphatic rings. The van der Waals surface area contributed by atoms with Crippen molar-refractivity contribution >= 4 is 16.7 Å². The summed E-state index contributed by atoms with van der Waals surface area (Å²) in [5.41, 5.74) is 1.06. The highest BCUT2D eigenvalue weighted by atomic mass is 28.2. The van der Waals surface area contributed by atoms with Crippen LogP contribution in [0.4, 0.5) is 0 Å². The van der Waals surface area contributed by atoms with E-state index in [0.717, 1.165) is 10.4 Å². The third-order valence-electron chi connectivity index (χ3n) is 4.17. The molecule has 0 N–H and O–H groups in total. The third-order valence-corrected chi connectivity index (χ3v) is 4.99. The van der Waals surface area contributed by atoms with Crippen LogP contribution in [0.5, 0.6) is 0 Å². The number of aldehydes is 1. The maximum atomic E-state index is 11.9. The molecule has 1 aliphatic heterocycles. The van der Waals surface area contributed by atoms with E-state index in [9.17, 15) is 4.79 Å². The molecule has 0 aromatic rings. The number of hydrogen-bond donors (Lipinski definition) is 0. The van der Waals surface area contributed by atoms with Gasteiger partial charge < -0.3 is 9.36 Å². The Bertz CT molecular complexity index is 322. The van der Waals surface area contributed by atoms with Crippen LogP contribution >= 0.6 is 0 Å². The van der Waals surface area contributed by atoms with Gasteiger partial charge in [0, 0.05) is 6.04 Å². The number of hydrogen-bond acceptors (Lipinski definition) is 2. The lowest BCUT2D eigenvalue weighted by atomic mass is 9.64. The van der Waals surface area contributed by atoms with Gasteiger partial charge in [-0.05, 0) is 29.5 Å². The average molecular weight is 253 g/mol. The highest BCUT2D eigenvalue weighted by Crippen LogP contribution is 2.49. The fraction of sp³-hybridized carbons (Fsp3) is 0.786. The predicted molar refractivity (Wildman–Crippen MR) is 76.7 cm³/mol. The molecule has 0 aromatic carbocycles. The maximum absolute atomic E-state index is 11.9. The zero-order valence-corrected chi connectivity index (χ0v) is 14.3. The number of carbonyl (C=O) groups excluding carboxylic acids is 1. The van der Waals surface area contributed by atoms with Crippen molar-refractivity contribution in [2.45, 2.75) is 47.6 Å². The molecule has 0 amide bonds. The van der Waals surface area contributed by atoms with Crippen molar-refractivity contribution < 1.29 is 4.79 Å². The Morgan fingerprint density at radius 1 is 1.29 bits per heavy atom. The van der Waals surface area contributed by atoms with E-state index in [-0.39, 0.29) is 5.41 Å². The molecule has 0 aliphatic carbocycles. The van der Waals surface area contributed by atoms with Crippen LogP contribution in [0.3, 0.4) is 0 Å². The first-order valence-corrected chi connectivity index (χ1v) is 7.58. The number of carbonyl (C=O) groups is 1. The van der Waals surface area contributed by atoms with Gasteiger partial charge in [-0.25, -0.2) is 0 Å². The minimum atomic E-state index is -0.274. The van der Waals surface area contributed by atoms with E-state index in [1.807, 2.05) is 0 Å². The molecule has 1 heterocycles. The van der Waals surface area contributed by atoms with Crippen LogP contribution in [-0.2, 0) is 4.79 Å². The SMILES string of the molecule is CC(C)C1=CN([SiH3])C(C(C)C)C1(C=O)C(C)C. The van der Waals surface area contributed by atoms with Crippen molar-refractivity contribution in [2.24, 2.45) is 23.2 Å². The Hall–Kier alpha value is -0.573. The summed E-state index contributed by atoms with van der Waals surface area (Å²) in [5, 5.41) is 0. The molecule has 0 spiro atoms. The van der Waals surface area contributed by atoms with Crippen LogP contribution < -0.4 is 0 Å². The van der Waals surface area contributed by atoms with Crippen molar-refractivity contribution in [3.05, 3.63) is 11.8 Å². The van der Waals surface area contributed by atoms with Crippen molar-refractivity contribution in [3.8, 4) is 0 Å². The van der Waals surface area contributed by atoms with Gasteiger partial charge in [0.15, 0.2) is 0 Å². The maximum Gasteiger partial charge on any atom is 0.132 e. The normalized spacial score (nSPS) is 29.6. The monoisotopic (exact) mass is 253 g/mol. The van der Waals surface area contributed by atoms with Crippen molar-refractivity contribution in [1.82, 2.24) is 4.57 Å². The van der Waals surface area contributed by atoms with Gasteiger partial charge >= 0.3 is 0 Å². The number of rotatable bonds is 4. The van der Waals surface area contributed by atoms with Crippen molar-refractivity contribution in [2.75, 3.05) is 0 Å². The van der Waals surface area contributed by atoms with Gasteiger partial charge in [-0.2, -0.15) is 0 Å². The second-order valence-corrected chi connectivity index (χ2v) is 7.33. The van der Waals surface area contributed by atoms with Crippen molar-refractivity contribution in [1.29, 1.82) is 0 Å². The molecule has 2 atom stereocenters. The van der Waals surface area contributed by atoms with Gasteiger partial charge in [0.2, 0.25) is 0 Å². The van der Waals surface area contributed by atoms with Crippen LogP contribution in [0, 0.1) is 23.2 Å². The Kier molecular flexibility index (Phi) is 4.23. The van der Waals surface area contributed by atoms with E-state index >= 15 is 0 Å². The Morgan fingerprint density at radius 3 is 2.12 bits per heavy atom. The van der Waals surface area contributed by atoms with E-state index in [1.165, 1.54) is 11.9 Å². The van der Waals surface area contributed by atoms with Crippen LogP contribution in [0.15, 0.2) is 11.8 Å². The van der Waals surface area contributed by atoms with Crippen molar-refractivity contribution in [3.63, 3.8) is 0 Å². The van der Waals surface area contributed by atoms with Gasteiger partial charge in [-0.1, -0.05) is 41.5 Å². The van der Waals surface area contributed by atoms with Crippen LogP contribution in [0.25, 0.3) is 0 Å². The highest BCUT2D eigenvalue weighted by Gasteiger charge is 2.51. The highest BCUT2D eigenvalue weighted by molar-refractivity contribution is 6.06. The van der Waals surface area contributed by atoms with Gasteiger partial charge in [-0.15, -0.1) is 0 Å². The molecular weight excluding hydrogens is 226 g/mol. The summed E-state index contributed by atoms with van der Waals surface area (Å²) < 4.78 is 2.38. The van der Waals surface area contributed by atoms with Crippen LogP contribution in [0.1, 0.15) is 41.5 Å². The smallest absolute Gasteiger partial charge is 0.132 e. The summed E-state index contributed by atoms with van der Waals surface area (Å²) in [5.74, 6) is 1.32. The molecule has 2 unspecified atom stereocenters. The standard InChI is InChI=1S/C14H27NOSi/c1-9(2)12-7-15(17)13(10(3)4)14(12,8-16)11(5)6/h7-11,13H,1-6,17H3. The van der Waals surface area contributed by atoms with Gasteiger partial charge in [0.05, 0.1) is 5.41 Å². The van der Waals surface area contributed by atoms with E-state index in [2.05, 4.69) is 52.3 Å². The molecule has 0 aromatic heterocycles. The van der Waals surface area contributed by atoms with E-state index < -0.39 is 0 Å². The zero-order chi connectivity index (χ0) is 13.4. The Labute approximate surface area is 109 Å². The van der Waals surface area contributed by atoms with Crippen LogP contribution in [-0.4, -0.2) is 27.3 Å². The lowest BCUT2D eigenvalue weighted by Gasteiger charge is -2.42. The first-order valence-electron chi connectivity index (χ1n) is 6.69. The molecule has 1 rings (SSSR count). The fourth-order valence-electron chi connectivity index (χ4n) is 3.54. The topological polar surface area (TPSA) is 20.3 Å². The van der Waals surface area contributed by atoms with E-state index in [0.29, 0.717) is 23.8 Å². The molecule has 2 nitrogen and oxygen atoms in total. The molecular formula is C14H27NOSi. The summed E-state index contributed by atoms with van der Waals surface area (Å²) in [6.45, 7) is 13.2. The second-order valence-electron chi connectivity index (χ2n) is 6.30. The largest absolute Gasteiger partial charge is 0.408 e. The third kappa shape index (κ3) is 2.10. The molecule has 98 valence electrons. The molecule has 3 heteroatoms. The molecule has 0 saturated heterocycles. The first kappa shape index (κ1) is 14.5. The van der Waals surface area contributed by atoms with Gasteiger partial charge in [0.25, 0.3) is 0 Å². The summed E-state index contributed by atoms with van der Waals surface area (Å²) in [7, 11) is 0.988. The lowest BCUT2D eigenvalue weighted by Crippen LogP contribution is -2.49.